The zero-order chi connectivity index (χ0) is 12.6. The Morgan fingerprint density at radius 1 is 1.67 bits per heavy atom. The zero-order valence-corrected chi connectivity index (χ0v) is 10.7. The fourth-order valence-corrected chi connectivity index (χ4v) is 3.67. The highest BCUT2D eigenvalue weighted by Crippen LogP contribution is 2.49. The Balaban J connectivity index is 1.74. The average molecular weight is 249 g/mol. The van der Waals surface area contributed by atoms with Gasteiger partial charge >= 0.3 is 5.97 Å². The first kappa shape index (κ1) is 11.8. The highest BCUT2D eigenvalue weighted by atomic mass is 16.5. The third kappa shape index (κ3) is 1.75. The summed E-state index contributed by atoms with van der Waals surface area (Å²) in [5, 5.41) is 0. The molecule has 4 heteroatoms. The molecule has 0 radical (unpaired) electrons. The summed E-state index contributed by atoms with van der Waals surface area (Å²) >= 11 is 0. The number of carbonyl (C=O) groups is 1. The molecule has 1 saturated carbocycles. The van der Waals surface area contributed by atoms with E-state index in [0.717, 1.165) is 44.7 Å². The highest BCUT2D eigenvalue weighted by Gasteiger charge is 2.55. The number of fused-ring (bicyclic) bond motifs is 1. The predicted molar refractivity (Wildman–Crippen MR) is 65.8 cm³/mol. The maximum absolute atomic E-state index is 12.1. The van der Waals surface area contributed by atoms with Crippen LogP contribution in [0.4, 0.5) is 0 Å². The highest BCUT2D eigenvalue weighted by molar-refractivity contribution is 5.78. The van der Waals surface area contributed by atoms with Crippen molar-refractivity contribution >= 4 is 5.97 Å². The van der Waals surface area contributed by atoms with Crippen LogP contribution in [-0.4, -0.2) is 31.1 Å². The van der Waals surface area contributed by atoms with Crippen LogP contribution in [0.25, 0.3) is 0 Å². The molecule has 1 aromatic heterocycles. The van der Waals surface area contributed by atoms with E-state index in [1.54, 1.807) is 6.26 Å². The number of esters is 1. The maximum atomic E-state index is 12.1. The lowest BCUT2D eigenvalue weighted by molar-refractivity contribution is -0.153. The van der Waals surface area contributed by atoms with E-state index in [1.807, 2.05) is 12.1 Å². The van der Waals surface area contributed by atoms with Gasteiger partial charge in [0, 0.05) is 13.1 Å². The Morgan fingerprint density at radius 2 is 2.56 bits per heavy atom. The topological polar surface area (TPSA) is 42.7 Å². The second kappa shape index (κ2) is 4.43. The van der Waals surface area contributed by atoms with Gasteiger partial charge in [0.25, 0.3) is 0 Å². The summed E-state index contributed by atoms with van der Waals surface area (Å²) in [6.45, 7) is 2.59. The van der Waals surface area contributed by atoms with E-state index in [2.05, 4.69) is 4.90 Å². The predicted octanol–water partition coefficient (Wildman–Crippen LogP) is 2.05. The first-order chi connectivity index (χ1) is 8.74. The molecule has 2 fully saturated rings. The fourth-order valence-electron chi connectivity index (χ4n) is 3.67. The summed E-state index contributed by atoms with van der Waals surface area (Å²) in [5.74, 6) is 1.40. The van der Waals surface area contributed by atoms with Crippen molar-refractivity contribution < 1.29 is 13.9 Å². The fraction of sp³-hybridized carbons (Fsp3) is 0.643. The molecule has 0 aromatic carbocycles. The molecule has 4 nitrogen and oxygen atoms in total. The molecule has 0 N–H and O–H groups in total. The van der Waals surface area contributed by atoms with Gasteiger partial charge in [-0.3, -0.25) is 9.69 Å². The lowest BCUT2D eigenvalue weighted by atomic mass is 9.81. The largest absolute Gasteiger partial charge is 0.469 e. The maximum Gasteiger partial charge on any atom is 0.313 e. The average Bonchev–Trinajstić information content (AvgIpc) is 3.03. The summed E-state index contributed by atoms with van der Waals surface area (Å²) < 4.78 is 10.4. The molecule has 2 aliphatic rings. The molecule has 0 spiro atoms. The van der Waals surface area contributed by atoms with Crippen molar-refractivity contribution in [3.63, 3.8) is 0 Å². The summed E-state index contributed by atoms with van der Waals surface area (Å²) in [6.07, 6.45) is 4.96. The lowest BCUT2D eigenvalue weighted by Crippen LogP contribution is -2.36. The second-order valence-corrected chi connectivity index (χ2v) is 5.49. The number of nitrogens with zero attached hydrogens (tertiary/aromatic N) is 1. The molecule has 0 bridgehead atoms. The van der Waals surface area contributed by atoms with Crippen LogP contribution < -0.4 is 0 Å². The molecule has 1 aliphatic carbocycles. The summed E-state index contributed by atoms with van der Waals surface area (Å²) in [4.78, 5) is 14.4. The lowest BCUT2D eigenvalue weighted by Gasteiger charge is -2.25. The van der Waals surface area contributed by atoms with Crippen molar-refractivity contribution in [2.24, 2.45) is 11.3 Å². The van der Waals surface area contributed by atoms with Crippen LogP contribution in [0.5, 0.6) is 0 Å². The minimum atomic E-state index is -0.249. The molecule has 0 amide bonds. The Bertz CT molecular complexity index is 428. The molecule has 1 saturated heterocycles. The molecule has 98 valence electrons. The monoisotopic (exact) mass is 249 g/mol. The van der Waals surface area contributed by atoms with E-state index in [1.165, 1.54) is 7.11 Å². The van der Waals surface area contributed by atoms with Gasteiger partial charge in [0.05, 0.1) is 25.3 Å². The quantitative estimate of drug-likeness (QED) is 0.769. The van der Waals surface area contributed by atoms with Crippen molar-refractivity contribution in [3.05, 3.63) is 24.2 Å². The number of hydrogen-bond acceptors (Lipinski definition) is 4. The van der Waals surface area contributed by atoms with Gasteiger partial charge in [0.2, 0.25) is 0 Å². The number of ether oxygens (including phenoxy) is 1. The zero-order valence-electron chi connectivity index (χ0n) is 10.7. The third-order valence-electron chi connectivity index (χ3n) is 4.49. The summed E-state index contributed by atoms with van der Waals surface area (Å²) in [5.41, 5.74) is -0.249. The van der Waals surface area contributed by atoms with E-state index >= 15 is 0 Å². The minimum absolute atomic E-state index is 0.0213. The van der Waals surface area contributed by atoms with Gasteiger partial charge in [0.15, 0.2) is 0 Å². The number of carbonyl (C=O) groups excluding carboxylic acids is 1. The molecule has 2 atom stereocenters. The number of likely N-dealkylation sites (tertiary alicyclic amines) is 1. The van der Waals surface area contributed by atoms with Crippen molar-refractivity contribution in [2.75, 3.05) is 20.2 Å². The SMILES string of the molecule is COC(=O)[C@]12CCC[C@@H]1CN(Cc1ccco1)C2. The molecule has 2 heterocycles. The normalized spacial score (nSPS) is 31.5. The summed E-state index contributed by atoms with van der Waals surface area (Å²) in [6, 6.07) is 3.89. The Kier molecular flexibility index (Phi) is 2.90. The molecular formula is C14H19NO3. The van der Waals surface area contributed by atoms with Crippen molar-refractivity contribution in [1.82, 2.24) is 4.90 Å². The Labute approximate surface area is 107 Å². The molecule has 18 heavy (non-hydrogen) atoms. The van der Waals surface area contributed by atoms with Gasteiger partial charge in [-0.1, -0.05) is 6.42 Å². The van der Waals surface area contributed by atoms with E-state index < -0.39 is 0 Å². The van der Waals surface area contributed by atoms with Crippen LogP contribution in [-0.2, 0) is 16.1 Å². The molecular weight excluding hydrogens is 230 g/mol. The van der Waals surface area contributed by atoms with Crippen LogP contribution in [0.1, 0.15) is 25.0 Å². The molecule has 1 aliphatic heterocycles. The van der Waals surface area contributed by atoms with E-state index in [0.29, 0.717) is 5.92 Å². The molecule has 1 aromatic rings. The smallest absolute Gasteiger partial charge is 0.313 e. The number of furan rings is 1. The van der Waals surface area contributed by atoms with Crippen molar-refractivity contribution in [3.8, 4) is 0 Å². The number of methoxy groups -OCH3 is 1. The van der Waals surface area contributed by atoms with Crippen LogP contribution >= 0.6 is 0 Å². The van der Waals surface area contributed by atoms with Gasteiger partial charge in [-0.2, -0.15) is 0 Å². The van der Waals surface area contributed by atoms with E-state index in [9.17, 15) is 4.79 Å². The first-order valence-corrected chi connectivity index (χ1v) is 6.58. The van der Waals surface area contributed by atoms with E-state index in [4.69, 9.17) is 9.15 Å². The Hall–Kier alpha value is -1.29. The molecule has 0 unspecified atom stereocenters. The molecule has 3 rings (SSSR count). The van der Waals surface area contributed by atoms with Crippen molar-refractivity contribution in [1.29, 1.82) is 0 Å². The van der Waals surface area contributed by atoms with Gasteiger partial charge in [0.1, 0.15) is 5.76 Å². The van der Waals surface area contributed by atoms with Crippen LogP contribution in [0.2, 0.25) is 0 Å². The Morgan fingerprint density at radius 3 is 3.28 bits per heavy atom. The van der Waals surface area contributed by atoms with Crippen molar-refractivity contribution in [2.45, 2.75) is 25.8 Å². The number of rotatable bonds is 3. The van der Waals surface area contributed by atoms with Gasteiger partial charge in [-0.25, -0.2) is 0 Å². The van der Waals surface area contributed by atoms with Crippen LogP contribution in [0.3, 0.4) is 0 Å². The van der Waals surface area contributed by atoms with Crippen LogP contribution in [0.15, 0.2) is 22.8 Å². The minimum Gasteiger partial charge on any atom is -0.469 e. The van der Waals surface area contributed by atoms with Crippen LogP contribution in [0, 0.1) is 11.3 Å². The first-order valence-electron chi connectivity index (χ1n) is 6.58. The van der Waals surface area contributed by atoms with Gasteiger partial charge in [-0.05, 0) is 30.9 Å². The van der Waals surface area contributed by atoms with Gasteiger partial charge in [-0.15, -0.1) is 0 Å². The van der Waals surface area contributed by atoms with Gasteiger partial charge < -0.3 is 9.15 Å². The third-order valence-corrected chi connectivity index (χ3v) is 4.49. The summed E-state index contributed by atoms with van der Waals surface area (Å²) in [7, 11) is 1.50. The number of hydrogen-bond donors (Lipinski definition) is 0. The standard InChI is InChI=1S/C14H19NO3/c1-17-13(16)14-6-2-4-11(14)8-15(10-14)9-12-5-3-7-18-12/h3,5,7,11H,2,4,6,8-10H2,1H3/t11-,14+/m1/s1. The second-order valence-electron chi connectivity index (χ2n) is 5.49. The van der Waals surface area contributed by atoms with E-state index in [-0.39, 0.29) is 11.4 Å².